The zero-order chi connectivity index (χ0) is 17.3. The van der Waals surface area contributed by atoms with Crippen LogP contribution in [0.2, 0.25) is 0 Å². The van der Waals surface area contributed by atoms with Gasteiger partial charge in [0.15, 0.2) is 5.17 Å². The minimum Gasteiger partial charge on any atom is -0.463 e. The summed E-state index contributed by atoms with van der Waals surface area (Å²) in [5.41, 5.74) is 3.08. The van der Waals surface area contributed by atoms with Gasteiger partial charge in [0.2, 0.25) is 5.91 Å². The molecule has 2 aliphatic rings. The third kappa shape index (κ3) is 2.98. The molecule has 1 amide bonds. The van der Waals surface area contributed by atoms with Crippen LogP contribution in [-0.4, -0.2) is 34.3 Å². The Hall–Kier alpha value is -2.08. The Kier molecular flexibility index (Phi) is 4.76. The quantitative estimate of drug-likeness (QED) is 0.790. The van der Waals surface area contributed by atoms with E-state index in [1.165, 1.54) is 0 Å². The average Bonchev–Trinajstić information content (AvgIpc) is 2.55. The highest BCUT2D eigenvalue weighted by Gasteiger charge is 2.41. The summed E-state index contributed by atoms with van der Waals surface area (Å²) in [6.07, 6.45) is 0.446. The fourth-order valence-electron chi connectivity index (χ4n) is 2.93. The average molecular weight is 344 g/mol. The largest absolute Gasteiger partial charge is 0.463 e. The Morgan fingerprint density at radius 1 is 1.33 bits per heavy atom. The van der Waals surface area contributed by atoms with Crippen LogP contribution in [0.5, 0.6) is 0 Å². The van der Waals surface area contributed by atoms with E-state index in [2.05, 4.69) is 4.99 Å². The molecule has 2 aliphatic heterocycles. The van der Waals surface area contributed by atoms with E-state index in [9.17, 15) is 9.59 Å². The van der Waals surface area contributed by atoms with Gasteiger partial charge in [-0.2, -0.15) is 0 Å². The Morgan fingerprint density at radius 2 is 2.04 bits per heavy atom. The minimum atomic E-state index is -0.475. The van der Waals surface area contributed by atoms with Crippen LogP contribution in [0.1, 0.15) is 37.4 Å². The molecular weight excluding hydrogens is 324 g/mol. The third-order valence-corrected chi connectivity index (χ3v) is 5.05. The molecule has 1 fully saturated rings. The predicted molar refractivity (Wildman–Crippen MR) is 94.6 cm³/mol. The zero-order valence-corrected chi connectivity index (χ0v) is 14.9. The molecule has 0 aromatic heterocycles. The number of carbonyl (C=O) groups is 2. The molecule has 2 heterocycles. The number of allylic oxidation sites excluding steroid dienone is 1. The smallest absolute Gasteiger partial charge is 0.338 e. The third-order valence-electron chi connectivity index (χ3n) is 4.10. The number of aryl methyl sites for hydroxylation is 1. The van der Waals surface area contributed by atoms with Gasteiger partial charge < -0.3 is 4.74 Å². The predicted octanol–water partition coefficient (Wildman–Crippen LogP) is 3.21. The molecule has 0 spiro atoms. The number of nitrogens with zero attached hydrogens (tertiary/aromatic N) is 2. The number of amidine groups is 1. The van der Waals surface area contributed by atoms with Gasteiger partial charge in [-0.1, -0.05) is 41.6 Å². The van der Waals surface area contributed by atoms with Gasteiger partial charge in [-0.25, -0.2) is 9.79 Å². The molecule has 24 heavy (non-hydrogen) atoms. The SMILES string of the molecule is CCOC(=O)C1=C(C)N=C2SCCC(=O)N2[C@@H]1c1ccc(C)cc1. The Bertz CT molecular complexity index is 737. The number of rotatable bonds is 3. The summed E-state index contributed by atoms with van der Waals surface area (Å²) in [6, 6.07) is 7.42. The Balaban J connectivity index is 2.14. The van der Waals surface area contributed by atoms with Gasteiger partial charge >= 0.3 is 5.97 Å². The van der Waals surface area contributed by atoms with Gasteiger partial charge in [0.25, 0.3) is 0 Å². The maximum Gasteiger partial charge on any atom is 0.338 e. The molecular formula is C18H20N2O3S. The van der Waals surface area contributed by atoms with Crippen molar-refractivity contribution in [2.24, 2.45) is 4.99 Å². The van der Waals surface area contributed by atoms with E-state index >= 15 is 0 Å². The monoisotopic (exact) mass is 344 g/mol. The number of aliphatic imine (C=N–C) groups is 1. The molecule has 1 aromatic carbocycles. The molecule has 5 nitrogen and oxygen atoms in total. The molecule has 3 rings (SSSR count). The van der Waals surface area contributed by atoms with Crippen molar-refractivity contribution in [2.75, 3.05) is 12.4 Å². The molecule has 6 heteroatoms. The standard InChI is InChI=1S/C18H20N2O3S/c1-4-23-17(22)15-12(3)19-18-20(14(21)9-10-24-18)16(15)13-7-5-11(2)6-8-13/h5-8,16H,4,9-10H2,1-3H3/t16-/m1/s1. The van der Waals surface area contributed by atoms with E-state index in [1.54, 1.807) is 30.5 Å². The molecule has 1 atom stereocenters. The summed E-state index contributed by atoms with van der Waals surface area (Å²) in [7, 11) is 0. The van der Waals surface area contributed by atoms with Crippen molar-refractivity contribution in [3.8, 4) is 0 Å². The van der Waals surface area contributed by atoms with Gasteiger partial charge in [-0.15, -0.1) is 0 Å². The van der Waals surface area contributed by atoms with Crippen molar-refractivity contribution in [3.63, 3.8) is 0 Å². The molecule has 0 bridgehead atoms. The first kappa shape index (κ1) is 16.8. The number of ether oxygens (including phenoxy) is 1. The van der Waals surface area contributed by atoms with Crippen LogP contribution in [-0.2, 0) is 14.3 Å². The second-order valence-electron chi connectivity index (χ2n) is 5.79. The molecule has 0 saturated carbocycles. The zero-order valence-electron chi connectivity index (χ0n) is 14.0. The number of thioether (sulfide) groups is 1. The maximum absolute atomic E-state index is 12.6. The number of fused-ring (bicyclic) bond motifs is 1. The molecule has 1 saturated heterocycles. The summed E-state index contributed by atoms with van der Waals surface area (Å²) in [6.45, 7) is 5.87. The van der Waals surface area contributed by atoms with Crippen molar-refractivity contribution in [1.29, 1.82) is 0 Å². The lowest BCUT2D eigenvalue weighted by Crippen LogP contribution is -2.45. The van der Waals surface area contributed by atoms with Crippen LogP contribution in [0.25, 0.3) is 0 Å². The van der Waals surface area contributed by atoms with Crippen molar-refractivity contribution in [3.05, 3.63) is 46.7 Å². The van der Waals surface area contributed by atoms with Crippen molar-refractivity contribution in [2.45, 2.75) is 33.2 Å². The van der Waals surface area contributed by atoms with E-state index < -0.39 is 12.0 Å². The van der Waals surface area contributed by atoms with Gasteiger partial charge in [0.1, 0.15) is 0 Å². The summed E-state index contributed by atoms with van der Waals surface area (Å²) >= 11 is 1.55. The maximum atomic E-state index is 12.6. The second-order valence-corrected chi connectivity index (χ2v) is 6.85. The molecule has 0 N–H and O–H groups in total. The van der Waals surface area contributed by atoms with Crippen LogP contribution >= 0.6 is 11.8 Å². The van der Waals surface area contributed by atoms with Gasteiger partial charge in [-0.3, -0.25) is 9.69 Å². The van der Waals surface area contributed by atoms with Gasteiger partial charge in [-0.05, 0) is 26.3 Å². The number of hydrogen-bond donors (Lipinski definition) is 0. The molecule has 0 unspecified atom stereocenters. The number of hydrogen-bond acceptors (Lipinski definition) is 5. The van der Waals surface area contributed by atoms with Crippen molar-refractivity contribution < 1.29 is 14.3 Å². The lowest BCUT2D eigenvalue weighted by atomic mass is 9.93. The van der Waals surface area contributed by atoms with Crippen LogP contribution in [0.3, 0.4) is 0 Å². The fraction of sp³-hybridized carbons (Fsp3) is 0.389. The lowest BCUT2D eigenvalue weighted by Gasteiger charge is -2.38. The summed E-state index contributed by atoms with van der Waals surface area (Å²) < 4.78 is 5.23. The minimum absolute atomic E-state index is 0.00706. The van der Waals surface area contributed by atoms with E-state index in [4.69, 9.17) is 4.74 Å². The Labute approximate surface area is 145 Å². The van der Waals surface area contributed by atoms with E-state index in [0.717, 1.165) is 16.9 Å². The molecule has 0 aliphatic carbocycles. The number of esters is 1. The fourth-order valence-corrected chi connectivity index (χ4v) is 3.94. The molecule has 0 radical (unpaired) electrons. The number of carbonyl (C=O) groups excluding carboxylic acids is 2. The first-order chi connectivity index (χ1) is 11.5. The molecule has 126 valence electrons. The topological polar surface area (TPSA) is 59.0 Å². The van der Waals surface area contributed by atoms with Crippen molar-refractivity contribution in [1.82, 2.24) is 4.90 Å². The first-order valence-electron chi connectivity index (χ1n) is 8.01. The van der Waals surface area contributed by atoms with E-state index in [-0.39, 0.29) is 12.5 Å². The number of benzene rings is 1. The second kappa shape index (κ2) is 6.81. The highest BCUT2D eigenvalue weighted by molar-refractivity contribution is 8.14. The van der Waals surface area contributed by atoms with Crippen LogP contribution in [0.4, 0.5) is 0 Å². The van der Waals surface area contributed by atoms with Crippen molar-refractivity contribution >= 4 is 28.8 Å². The summed E-state index contributed by atoms with van der Waals surface area (Å²) in [5.74, 6) is 0.302. The van der Waals surface area contributed by atoms with Crippen LogP contribution < -0.4 is 0 Å². The highest BCUT2D eigenvalue weighted by Crippen LogP contribution is 2.40. The highest BCUT2D eigenvalue weighted by atomic mass is 32.2. The van der Waals surface area contributed by atoms with Gasteiger partial charge in [0.05, 0.1) is 23.9 Å². The summed E-state index contributed by atoms with van der Waals surface area (Å²) in [5, 5.41) is 0.669. The van der Waals surface area contributed by atoms with E-state index in [0.29, 0.717) is 22.9 Å². The van der Waals surface area contributed by atoms with Crippen LogP contribution in [0, 0.1) is 6.92 Å². The molecule has 1 aromatic rings. The first-order valence-corrected chi connectivity index (χ1v) is 8.99. The Morgan fingerprint density at radius 3 is 2.71 bits per heavy atom. The summed E-state index contributed by atoms with van der Waals surface area (Å²) in [4.78, 5) is 31.3. The van der Waals surface area contributed by atoms with E-state index in [1.807, 2.05) is 31.2 Å². The lowest BCUT2D eigenvalue weighted by molar-refractivity contribution is -0.139. The van der Waals surface area contributed by atoms with Gasteiger partial charge in [0, 0.05) is 12.2 Å². The number of amides is 1. The van der Waals surface area contributed by atoms with Crippen LogP contribution in [0.15, 0.2) is 40.5 Å². The normalized spacial score (nSPS) is 20.6.